The molecule has 0 atom stereocenters. The summed E-state index contributed by atoms with van der Waals surface area (Å²) in [4.78, 5) is 24.8. The minimum Gasteiger partial charge on any atom is -0.492 e. The molecule has 0 bridgehead atoms. The van der Waals surface area contributed by atoms with Gasteiger partial charge in [-0.25, -0.2) is 0 Å². The Labute approximate surface area is 149 Å². The smallest absolute Gasteiger partial charge is 0.416 e. The first-order valence-corrected chi connectivity index (χ1v) is 8.46. The minimum absolute atomic E-state index is 0.0511. The molecule has 0 aromatic heterocycles. The van der Waals surface area contributed by atoms with Crippen molar-refractivity contribution in [3.8, 4) is 5.75 Å². The molecule has 8 heteroatoms. The number of carboxylic acid groups (broad SMARTS) is 1. The molecule has 1 fully saturated rings. The number of hydrogen-bond donors (Lipinski definition) is 1. The maximum atomic E-state index is 12.5. The van der Waals surface area contributed by atoms with Crippen molar-refractivity contribution in [2.24, 2.45) is 11.8 Å². The van der Waals surface area contributed by atoms with Gasteiger partial charge in [-0.3, -0.25) is 9.59 Å². The van der Waals surface area contributed by atoms with Gasteiger partial charge >= 0.3 is 12.1 Å². The van der Waals surface area contributed by atoms with Crippen molar-refractivity contribution in [2.75, 3.05) is 20.2 Å². The lowest BCUT2D eigenvalue weighted by Gasteiger charge is -2.28. The first kappa shape index (κ1) is 20.1. The number of rotatable bonds is 6. The molecule has 1 amide bonds. The second kappa shape index (κ2) is 8.42. The van der Waals surface area contributed by atoms with E-state index >= 15 is 0 Å². The molecule has 0 saturated heterocycles. The van der Waals surface area contributed by atoms with Gasteiger partial charge in [0.25, 0.3) is 0 Å². The fourth-order valence-electron chi connectivity index (χ4n) is 3.05. The van der Waals surface area contributed by atoms with Gasteiger partial charge in [0.05, 0.1) is 18.0 Å². The van der Waals surface area contributed by atoms with Crippen molar-refractivity contribution in [1.29, 1.82) is 0 Å². The highest BCUT2D eigenvalue weighted by Gasteiger charge is 2.31. The fourth-order valence-corrected chi connectivity index (χ4v) is 3.05. The topological polar surface area (TPSA) is 66.8 Å². The van der Waals surface area contributed by atoms with E-state index in [1.165, 1.54) is 17.0 Å². The Morgan fingerprint density at radius 3 is 2.15 bits per heavy atom. The number of amides is 1. The number of hydrogen-bond acceptors (Lipinski definition) is 3. The van der Waals surface area contributed by atoms with Crippen LogP contribution in [-0.2, 0) is 15.8 Å². The maximum absolute atomic E-state index is 12.5. The van der Waals surface area contributed by atoms with Gasteiger partial charge in [-0.15, -0.1) is 0 Å². The number of likely N-dealkylation sites (N-methyl/N-ethyl adjacent to an activating group) is 1. The van der Waals surface area contributed by atoms with Gasteiger partial charge in [-0.05, 0) is 49.9 Å². The van der Waals surface area contributed by atoms with E-state index in [-0.39, 0.29) is 24.3 Å². The van der Waals surface area contributed by atoms with E-state index in [1.54, 1.807) is 7.05 Å². The Kier molecular flexibility index (Phi) is 6.50. The molecular formula is C18H22F3NO4. The SMILES string of the molecule is CN(CCOc1ccc(C(F)(F)F)cc1)C(=O)C1CCC(C(=O)O)CC1. The molecular weight excluding hydrogens is 351 g/mol. The average Bonchev–Trinajstić information content (AvgIpc) is 2.60. The van der Waals surface area contributed by atoms with Crippen LogP contribution >= 0.6 is 0 Å². The van der Waals surface area contributed by atoms with Crippen LogP contribution in [0.25, 0.3) is 0 Å². The number of benzene rings is 1. The molecule has 0 unspecified atom stereocenters. The normalized spacial score (nSPS) is 20.5. The van der Waals surface area contributed by atoms with E-state index in [2.05, 4.69) is 0 Å². The standard InChI is InChI=1S/C18H22F3NO4/c1-22(16(23)12-2-4-13(5-3-12)17(24)25)10-11-26-15-8-6-14(7-9-15)18(19,20)21/h6-9,12-13H,2-5,10-11H2,1H3,(H,24,25). The number of halogens is 3. The number of nitrogens with zero attached hydrogens (tertiary/aromatic N) is 1. The second-order valence-corrected chi connectivity index (χ2v) is 6.52. The number of aliphatic carboxylic acids is 1. The molecule has 1 aromatic rings. The van der Waals surface area contributed by atoms with E-state index in [4.69, 9.17) is 9.84 Å². The summed E-state index contributed by atoms with van der Waals surface area (Å²) in [5.41, 5.74) is -0.742. The zero-order valence-corrected chi connectivity index (χ0v) is 14.5. The summed E-state index contributed by atoms with van der Waals surface area (Å²) in [7, 11) is 1.64. The molecule has 0 aliphatic heterocycles. The van der Waals surface area contributed by atoms with Crippen molar-refractivity contribution in [2.45, 2.75) is 31.9 Å². The summed E-state index contributed by atoms with van der Waals surface area (Å²) < 4.78 is 42.9. The lowest BCUT2D eigenvalue weighted by atomic mass is 9.81. The highest BCUT2D eigenvalue weighted by molar-refractivity contribution is 5.79. The largest absolute Gasteiger partial charge is 0.492 e. The Balaban J connectivity index is 1.75. The Morgan fingerprint density at radius 1 is 1.12 bits per heavy atom. The van der Waals surface area contributed by atoms with E-state index in [1.807, 2.05) is 0 Å². The molecule has 0 radical (unpaired) electrons. The van der Waals surface area contributed by atoms with Gasteiger partial charge in [-0.2, -0.15) is 13.2 Å². The molecule has 1 aromatic carbocycles. The number of alkyl halides is 3. The maximum Gasteiger partial charge on any atom is 0.416 e. The molecule has 5 nitrogen and oxygen atoms in total. The summed E-state index contributed by atoms with van der Waals surface area (Å²) >= 11 is 0. The lowest BCUT2D eigenvalue weighted by molar-refractivity contribution is -0.145. The first-order valence-electron chi connectivity index (χ1n) is 8.46. The highest BCUT2D eigenvalue weighted by atomic mass is 19.4. The third-order valence-electron chi connectivity index (χ3n) is 4.68. The molecule has 0 spiro atoms. The number of carboxylic acids is 1. The zero-order valence-electron chi connectivity index (χ0n) is 14.5. The molecule has 1 N–H and O–H groups in total. The first-order chi connectivity index (χ1) is 12.2. The van der Waals surface area contributed by atoms with E-state index in [9.17, 15) is 22.8 Å². The highest BCUT2D eigenvalue weighted by Crippen LogP contribution is 2.31. The number of carbonyl (C=O) groups excluding carboxylic acids is 1. The van der Waals surface area contributed by atoms with Crippen LogP contribution in [0, 0.1) is 11.8 Å². The Bertz CT molecular complexity index is 622. The molecule has 1 saturated carbocycles. The van der Waals surface area contributed by atoms with Gasteiger partial charge in [-0.1, -0.05) is 0 Å². The van der Waals surface area contributed by atoms with Gasteiger partial charge in [0, 0.05) is 13.0 Å². The molecule has 1 aliphatic rings. The van der Waals surface area contributed by atoms with Gasteiger partial charge in [0.1, 0.15) is 12.4 Å². The van der Waals surface area contributed by atoms with Crippen LogP contribution in [0.15, 0.2) is 24.3 Å². The van der Waals surface area contributed by atoms with Gasteiger partial charge in [0.15, 0.2) is 0 Å². The van der Waals surface area contributed by atoms with Gasteiger partial charge < -0.3 is 14.7 Å². The van der Waals surface area contributed by atoms with Crippen LogP contribution < -0.4 is 4.74 Å². The quantitative estimate of drug-likeness (QED) is 0.830. The van der Waals surface area contributed by atoms with E-state index < -0.39 is 17.7 Å². The summed E-state index contributed by atoms with van der Waals surface area (Å²) in [6.45, 7) is 0.469. The molecule has 2 rings (SSSR count). The zero-order chi connectivity index (χ0) is 19.3. The van der Waals surface area contributed by atoms with Crippen molar-refractivity contribution in [1.82, 2.24) is 4.90 Å². The van der Waals surface area contributed by atoms with E-state index in [0.717, 1.165) is 12.1 Å². The Hall–Kier alpha value is -2.25. The number of carbonyl (C=O) groups is 2. The van der Waals surface area contributed by atoms with Crippen LogP contribution in [-0.4, -0.2) is 42.1 Å². The lowest BCUT2D eigenvalue weighted by Crippen LogP contribution is -2.38. The van der Waals surface area contributed by atoms with Crippen molar-refractivity contribution >= 4 is 11.9 Å². The summed E-state index contributed by atoms with van der Waals surface area (Å²) in [6.07, 6.45) is -2.27. The third-order valence-corrected chi connectivity index (χ3v) is 4.68. The monoisotopic (exact) mass is 373 g/mol. The van der Waals surface area contributed by atoms with Crippen LogP contribution in [0.5, 0.6) is 5.75 Å². The summed E-state index contributed by atoms with van der Waals surface area (Å²) in [6, 6.07) is 4.39. The summed E-state index contributed by atoms with van der Waals surface area (Å²) in [5, 5.41) is 8.98. The second-order valence-electron chi connectivity index (χ2n) is 6.52. The Morgan fingerprint density at radius 2 is 1.65 bits per heavy atom. The van der Waals surface area contributed by atoms with Crippen molar-refractivity contribution in [3.05, 3.63) is 29.8 Å². The fraction of sp³-hybridized carbons (Fsp3) is 0.556. The molecule has 1 aliphatic carbocycles. The molecule has 0 heterocycles. The van der Waals surface area contributed by atoms with Crippen molar-refractivity contribution < 1.29 is 32.6 Å². The van der Waals surface area contributed by atoms with Crippen LogP contribution in [0.3, 0.4) is 0 Å². The number of ether oxygens (including phenoxy) is 1. The van der Waals surface area contributed by atoms with Crippen molar-refractivity contribution in [3.63, 3.8) is 0 Å². The molecule has 26 heavy (non-hydrogen) atoms. The average molecular weight is 373 g/mol. The van der Waals surface area contributed by atoms with Gasteiger partial charge in [0.2, 0.25) is 5.91 Å². The summed E-state index contributed by atoms with van der Waals surface area (Å²) in [5.74, 6) is -1.10. The molecule has 144 valence electrons. The van der Waals surface area contributed by atoms with Crippen LogP contribution in [0.4, 0.5) is 13.2 Å². The van der Waals surface area contributed by atoms with Crippen LogP contribution in [0.2, 0.25) is 0 Å². The minimum atomic E-state index is -4.38. The van der Waals surface area contributed by atoms with E-state index in [0.29, 0.717) is 38.0 Å². The third kappa shape index (κ3) is 5.37. The van der Waals surface area contributed by atoms with Crippen LogP contribution in [0.1, 0.15) is 31.2 Å². The predicted molar refractivity (Wildman–Crippen MR) is 87.7 cm³/mol. The predicted octanol–water partition coefficient (Wildman–Crippen LogP) is 3.43.